The Hall–Kier alpha value is -2.80. The number of nitrogens with one attached hydrogen (secondary N) is 1. The topological polar surface area (TPSA) is 86.8 Å². The van der Waals surface area contributed by atoms with Crippen LogP contribution >= 0.6 is 11.6 Å². The van der Waals surface area contributed by atoms with Crippen molar-refractivity contribution in [1.29, 1.82) is 0 Å². The zero-order chi connectivity index (χ0) is 18.9. The molecule has 1 amide bonds. The summed E-state index contributed by atoms with van der Waals surface area (Å²) in [4.78, 5) is 27.5. The minimum Gasteiger partial charge on any atom is -0.493 e. The highest BCUT2D eigenvalue weighted by atomic mass is 35.5. The van der Waals surface area contributed by atoms with Crippen LogP contribution in [0.4, 0.5) is 5.69 Å². The van der Waals surface area contributed by atoms with Crippen molar-refractivity contribution in [2.24, 2.45) is 0 Å². The normalized spacial score (nSPS) is 10.1. The summed E-state index contributed by atoms with van der Waals surface area (Å²) < 4.78 is 15.4. The van der Waals surface area contributed by atoms with Gasteiger partial charge < -0.3 is 19.5 Å². The molecule has 0 bridgehead atoms. The van der Waals surface area contributed by atoms with Crippen molar-refractivity contribution in [3.8, 4) is 11.5 Å². The molecule has 1 heterocycles. The lowest BCUT2D eigenvalue weighted by molar-refractivity contribution is -0.147. The number of esters is 1. The fourth-order valence-corrected chi connectivity index (χ4v) is 2.33. The van der Waals surface area contributed by atoms with Crippen LogP contribution in [0.15, 0.2) is 36.5 Å². The number of hydrogen-bond donors (Lipinski definition) is 1. The summed E-state index contributed by atoms with van der Waals surface area (Å²) in [5.41, 5.74) is 1.26. The number of halogens is 1. The van der Waals surface area contributed by atoms with Crippen LogP contribution in [0.5, 0.6) is 11.5 Å². The van der Waals surface area contributed by atoms with Gasteiger partial charge in [0.05, 0.1) is 19.9 Å². The SMILES string of the molecule is COc1ccc(CCC(=O)OCC(=O)Nc2cccnc2Cl)cc1OC. The molecular formula is C18H19ClN2O5. The maximum Gasteiger partial charge on any atom is 0.306 e. The predicted octanol–water partition coefficient (Wildman–Crippen LogP) is 2.87. The molecule has 26 heavy (non-hydrogen) atoms. The molecule has 8 heteroatoms. The van der Waals surface area contributed by atoms with Crippen molar-refractivity contribution < 1.29 is 23.8 Å². The highest BCUT2D eigenvalue weighted by Gasteiger charge is 2.11. The van der Waals surface area contributed by atoms with E-state index in [2.05, 4.69) is 10.3 Å². The number of anilines is 1. The lowest BCUT2D eigenvalue weighted by Gasteiger charge is -2.10. The lowest BCUT2D eigenvalue weighted by atomic mass is 10.1. The van der Waals surface area contributed by atoms with Crippen LogP contribution in [0.25, 0.3) is 0 Å². The number of pyridine rings is 1. The van der Waals surface area contributed by atoms with Gasteiger partial charge in [-0.05, 0) is 36.2 Å². The first-order chi connectivity index (χ1) is 12.5. The zero-order valence-corrected chi connectivity index (χ0v) is 15.2. The second-order valence-electron chi connectivity index (χ2n) is 5.24. The molecular weight excluding hydrogens is 360 g/mol. The van der Waals surface area contributed by atoms with Crippen molar-refractivity contribution in [3.63, 3.8) is 0 Å². The number of hydrogen-bond acceptors (Lipinski definition) is 6. The Balaban J connectivity index is 1.78. The van der Waals surface area contributed by atoms with E-state index in [4.69, 9.17) is 25.8 Å². The Morgan fingerprint density at radius 2 is 1.92 bits per heavy atom. The van der Waals surface area contributed by atoms with Crippen molar-refractivity contribution in [2.75, 3.05) is 26.1 Å². The summed E-state index contributed by atoms with van der Waals surface area (Å²) >= 11 is 5.84. The van der Waals surface area contributed by atoms with E-state index >= 15 is 0 Å². The molecule has 2 aromatic rings. The molecule has 2 rings (SSSR count). The average Bonchev–Trinajstić information content (AvgIpc) is 2.66. The molecule has 7 nitrogen and oxygen atoms in total. The van der Waals surface area contributed by atoms with Crippen LogP contribution in [0.1, 0.15) is 12.0 Å². The second kappa shape index (κ2) is 9.62. The Kier molecular flexibility index (Phi) is 7.23. The molecule has 0 aliphatic carbocycles. The minimum atomic E-state index is -0.487. The third-order valence-electron chi connectivity index (χ3n) is 3.46. The standard InChI is InChI=1S/C18H19ClN2O5/c1-24-14-7-5-12(10-15(14)25-2)6-8-17(23)26-11-16(22)21-13-4-3-9-20-18(13)19/h3-5,7,9-10H,6,8,11H2,1-2H3,(H,21,22). The number of carbonyl (C=O) groups is 2. The van der Waals surface area contributed by atoms with Gasteiger partial charge in [0.25, 0.3) is 5.91 Å². The molecule has 0 saturated heterocycles. The number of methoxy groups -OCH3 is 2. The van der Waals surface area contributed by atoms with Crippen molar-refractivity contribution in [1.82, 2.24) is 4.98 Å². The number of aryl methyl sites for hydroxylation is 1. The molecule has 0 aliphatic heterocycles. The number of carbonyl (C=O) groups excluding carboxylic acids is 2. The molecule has 0 atom stereocenters. The summed E-state index contributed by atoms with van der Waals surface area (Å²) in [6.45, 7) is -0.393. The van der Waals surface area contributed by atoms with E-state index in [-0.39, 0.29) is 11.6 Å². The molecule has 0 unspecified atom stereocenters. The summed E-state index contributed by atoms with van der Waals surface area (Å²) in [7, 11) is 3.10. The summed E-state index contributed by atoms with van der Waals surface area (Å²) in [6, 6.07) is 8.64. The first kappa shape index (κ1) is 19.5. The molecule has 138 valence electrons. The third-order valence-corrected chi connectivity index (χ3v) is 3.76. The number of rotatable bonds is 8. The number of ether oxygens (including phenoxy) is 3. The molecule has 0 saturated carbocycles. The van der Waals surface area contributed by atoms with Crippen molar-refractivity contribution in [3.05, 3.63) is 47.2 Å². The van der Waals surface area contributed by atoms with E-state index in [1.54, 1.807) is 38.5 Å². The van der Waals surface area contributed by atoms with Gasteiger partial charge in [-0.2, -0.15) is 0 Å². The molecule has 0 spiro atoms. The van der Waals surface area contributed by atoms with E-state index in [1.807, 2.05) is 6.07 Å². The van der Waals surface area contributed by atoms with Crippen LogP contribution in [0, 0.1) is 0 Å². The van der Waals surface area contributed by atoms with Gasteiger partial charge in [-0.1, -0.05) is 17.7 Å². The Bertz CT molecular complexity index is 782. The molecule has 1 aromatic carbocycles. The van der Waals surface area contributed by atoms with E-state index in [1.165, 1.54) is 6.20 Å². The van der Waals surface area contributed by atoms with Crippen LogP contribution in [0.3, 0.4) is 0 Å². The van der Waals surface area contributed by atoms with Gasteiger partial charge in [-0.15, -0.1) is 0 Å². The van der Waals surface area contributed by atoms with E-state index < -0.39 is 18.5 Å². The van der Waals surface area contributed by atoms with Gasteiger partial charge in [0.15, 0.2) is 23.3 Å². The quantitative estimate of drug-likeness (QED) is 0.561. The first-order valence-corrected chi connectivity index (χ1v) is 8.18. The van der Waals surface area contributed by atoms with E-state index in [9.17, 15) is 9.59 Å². The fourth-order valence-electron chi connectivity index (χ4n) is 2.17. The van der Waals surface area contributed by atoms with Gasteiger partial charge in [-0.3, -0.25) is 9.59 Å². The zero-order valence-electron chi connectivity index (χ0n) is 14.5. The van der Waals surface area contributed by atoms with Crippen LogP contribution in [-0.2, 0) is 20.7 Å². The van der Waals surface area contributed by atoms with Crippen LogP contribution < -0.4 is 14.8 Å². The maximum absolute atomic E-state index is 11.8. The van der Waals surface area contributed by atoms with Crippen molar-refractivity contribution in [2.45, 2.75) is 12.8 Å². The predicted molar refractivity (Wildman–Crippen MR) is 96.7 cm³/mol. The molecule has 1 N–H and O–H groups in total. The monoisotopic (exact) mass is 378 g/mol. The molecule has 0 radical (unpaired) electrons. The van der Waals surface area contributed by atoms with Gasteiger partial charge in [-0.25, -0.2) is 4.98 Å². The van der Waals surface area contributed by atoms with Crippen molar-refractivity contribution >= 4 is 29.2 Å². The number of benzene rings is 1. The number of aromatic nitrogens is 1. The Morgan fingerprint density at radius 3 is 2.62 bits per heavy atom. The van der Waals surface area contributed by atoms with E-state index in [0.717, 1.165) is 5.56 Å². The summed E-state index contributed by atoms with van der Waals surface area (Å²) in [6.07, 6.45) is 2.10. The highest BCUT2D eigenvalue weighted by Crippen LogP contribution is 2.28. The average molecular weight is 379 g/mol. The van der Waals surface area contributed by atoms with Crippen LogP contribution in [0.2, 0.25) is 5.15 Å². The van der Waals surface area contributed by atoms with E-state index in [0.29, 0.717) is 23.6 Å². The number of amides is 1. The molecule has 0 aliphatic rings. The third kappa shape index (κ3) is 5.63. The Labute approximate surface area is 156 Å². The smallest absolute Gasteiger partial charge is 0.306 e. The highest BCUT2D eigenvalue weighted by molar-refractivity contribution is 6.32. The second-order valence-corrected chi connectivity index (χ2v) is 5.60. The molecule has 1 aromatic heterocycles. The Morgan fingerprint density at radius 1 is 1.15 bits per heavy atom. The summed E-state index contributed by atoms with van der Waals surface area (Å²) in [5.74, 6) is 0.238. The number of nitrogens with zero attached hydrogens (tertiary/aromatic N) is 1. The summed E-state index contributed by atoms with van der Waals surface area (Å²) in [5, 5.41) is 2.69. The van der Waals surface area contributed by atoms with Crippen LogP contribution in [-0.4, -0.2) is 37.7 Å². The van der Waals surface area contributed by atoms with Gasteiger partial charge in [0.1, 0.15) is 0 Å². The van der Waals surface area contributed by atoms with Gasteiger partial charge >= 0.3 is 5.97 Å². The first-order valence-electron chi connectivity index (χ1n) is 7.80. The molecule has 0 fully saturated rings. The minimum absolute atomic E-state index is 0.135. The fraction of sp³-hybridized carbons (Fsp3) is 0.278. The van der Waals surface area contributed by atoms with Gasteiger partial charge in [0, 0.05) is 12.6 Å². The van der Waals surface area contributed by atoms with Gasteiger partial charge in [0.2, 0.25) is 0 Å². The largest absolute Gasteiger partial charge is 0.493 e. The lowest BCUT2D eigenvalue weighted by Crippen LogP contribution is -2.21. The maximum atomic E-state index is 11.8.